The van der Waals surface area contributed by atoms with Gasteiger partial charge in [-0.2, -0.15) is 13.2 Å². The fourth-order valence-corrected chi connectivity index (χ4v) is 1.35. The third-order valence-corrected chi connectivity index (χ3v) is 2.25. The number of halogens is 4. The number of hydrogen-bond donors (Lipinski definition) is 0. The van der Waals surface area contributed by atoms with Crippen LogP contribution in [0.5, 0.6) is 11.5 Å². The van der Waals surface area contributed by atoms with Crippen LogP contribution in [-0.2, 0) is 10.6 Å². The highest BCUT2D eigenvalue weighted by Crippen LogP contribution is 2.28. The second-order valence-electron chi connectivity index (χ2n) is 3.34. The Morgan fingerprint density at radius 2 is 1.94 bits per heavy atom. The van der Waals surface area contributed by atoms with Crippen LogP contribution >= 0.6 is 11.6 Å². The van der Waals surface area contributed by atoms with Gasteiger partial charge < -0.3 is 14.2 Å². The lowest BCUT2D eigenvalue weighted by Crippen LogP contribution is -2.19. The molecule has 0 saturated carbocycles. The van der Waals surface area contributed by atoms with Crippen LogP contribution in [-0.4, -0.2) is 26.7 Å². The van der Waals surface area contributed by atoms with Crippen LogP contribution in [0.4, 0.5) is 13.2 Å². The molecule has 0 aliphatic rings. The topological polar surface area (TPSA) is 27.7 Å². The van der Waals surface area contributed by atoms with Crippen LogP contribution in [0, 0.1) is 0 Å². The van der Waals surface area contributed by atoms with Crippen molar-refractivity contribution in [3.8, 4) is 11.5 Å². The maximum Gasteiger partial charge on any atom is 0.411 e. The van der Waals surface area contributed by atoms with Crippen LogP contribution in [0.3, 0.4) is 0 Å². The van der Waals surface area contributed by atoms with Crippen molar-refractivity contribution < 1.29 is 27.4 Å². The van der Waals surface area contributed by atoms with E-state index in [1.165, 1.54) is 7.11 Å². The third-order valence-electron chi connectivity index (χ3n) is 1.95. The minimum Gasteiger partial charge on any atom is -0.493 e. The van der Waals surface area contributed by atoms with E-state index in [1.807, 2.05) is 0 Å². The zero-order valence-corrected chi connectivity index (χ0v) is 10.3. The molecule has 0 bridgehead atoms. The van der Waals surface area contributed by atoms with Gasteiger partial charge in [0.1, 0.15) is 6.61 Å². The smallest absolute Gasteiger partial charge is 0.411 e. The molecule has 0 atom stereocenters. The largest absolute Gasteiger partial charge is 0.493 e. The van der Waals surface area contributed by atoms with Crippen molar-refractivity contribution in [2.24, 2.45) is 0 Å². The molecule has 0 fully saturated rings. The highest BCUT2D eigenvalue weighted by atomic mass is 35.5. The summed E-state index contributed by atoms with van der Waals surface area (Å²) in [4.78, 5) is 0. The van der Waals surface area contributed by atoms with Gasteiger partial charge in [-0.25, -0.2) is 0 Å². The van der Waals surface area contributed by atoms with E-state index in [1.54, 1.807) is 18.2 Å². The zero-order valence-electron chi connectivity index (χ0n) is 9.59. The van der Waals surface area contributed by atoms with Crippen LogP contribution in [0.25, 0.3) is 0 Å². The Morgan fingerprint density at radius 3 is 2.50 bits per heavy atom. The summed E-state index contributed by atoms with van der Waals surface area (Å²) >= 11 is 5.64. The predicted molar refractivity (Wildman–Crippen MR) is 60.1 cm³/mol. The average molecular weight is 285 g/mol. The summed E-state index contributed by atoms with van der Waals surface area (Å²) < 4.78 is 49.9. The Labute approximate surface area is 107 Å². The Balaban J connectivity index is 2.54. The van der Waals surface area contributed by atoms with Crippen molar-refractivity contribution in [2.45, 2.75) is 12.1 Å². The molecule has 3 nitrogen and oxygen atoms in total. The zero-order chi connectivity index (χ0) is 13.6. The van der Waals surface area contributed by atoms with E-state index in [4.69, 9.17) is 21.1 Å². The van der Waals surface area contributed by atoms with E-state index >= 15 is 0 Å². The van der Waals surface area contributed by atoms with Gasteiger partial charge in [-0.05, 0) is 17.7 Å². The van der Waals surface area contributed by atoms with Crippen molar-refractivity contribution in [3.63, 3.8) is 0 Å². The lowest BCUT2D eigenvalue weighted by Gasteiger charge is -2.12. The third kappa shape index (κ3) is 5.01. The Bertz CT molecular complexity index is 382. The van der Waals surface area contributed by atoms with Crippen LogP contribution < -0.4 is 9.47 Å². The molecule has 0 unspecified atom stereocenters. The summed E-state index contributed by atoms with van der Waals surface area (Å²) in [6, 6.07) is 4.94. The van der Waals surface area contributed by atoms with Crippen molar-refractivity contribution in [2.75, 3.05) is 20.5 Å². The second-order valence-corrected chi connectivity index (χ2v) is 3.61. The molecular weight excluding hydrogens is 273 g/mol. The minimum absolute atomic E-state index is 0.268. The van der Waals surface area contributed by atoms with Gasteiger partial charge in [0.05, 0.1) is 7.11 Å². The number of ether oxygens (including phenoxy) is 3. The molecule has 0 aliphatic carbocycles. The first kappa shape index (κ1) is 14.9. The first-order valence-corrected chi connectivity index (χ1v) is 5.50. The van der Waals surface area contributed by atoms with Crippen LogP contribution in [0.15, 0.2) is 18.2 Å². The van der Waals surface area contributed by atoms with E-state index < -0.39 is 19.6 Å². The summed E-state index contributed by atoms with van der Waals surface area (Å²) in [6.07, 6.45) is -4.37. The molecule has 0 heterocycles. The van der Waals surface area contributed by atoms with Crippen LogP contribution in [0.2, 0.25) is 0 Å². The Hall–Kier alpha value is -1.14. The van der Waals surface area contributed by atoms with Gasteiger partial charge in [0.15, 0.2) is 18.3 Å². The highest BCUT2D eigenvalue weighted by molar-refractivity contribution is 6.17. The number of alkyl halides is 4. The Morgan fingerprint density at radius 1 is 1.22 bits per heavy atom. The van der Waals surface area contributed by atoms with Gasteiger partial charge in [-0.1, -0.05) is 6.07 Å². The van der Waals surface area contributed by atoms with E-state index in [9.17, 15) is 13.2 Å². The van der Waals surface area contributed by atoms with Crippen molar-refractivity contribution in [1.82, 2.24) is 0 Å². The molecule has 1 aromatic rings. The molecule has 1 rings (SSSR count). The normalized spacial score (nSPS) is 11.4. The SMILES string of the molecule is COc1ccc(CCl)cc1OCOCC(F)(F)F. The Kier molecular flexibility index (Phi) is 5.55. The van der Waals surface area contributed by atoms with Gasteiger partial charge in [0, 0.05) is 5.88 Å². The van der Waals surface area contributed by atoms with E-state index in [0.29, 0.717) is 5.75 Å². The van der Waals surface area contributed by atoms with Gasteiger partial charge in [0.2, 0.25) is 0 Å². The highest BCUT2D eigenvalue weighted by Gasteiger charge is 2.27. The monoisotopic (exact) mass is 284 g/mol. The molecule has 18 heavy (non-hydrogen) atoms. The molecule has 0 N–H and O–H groups in total. The maximum atomic E-state index is 11.8. The van der Waals surface area contributed by atoms with E-state index in [0.717, 1.165) is 5.56 Å². The fourth-order valence-electron chi connectivity index (χ4n) is 1.18. The molecule has 7 heteroatoms. The standard InChI is InChI=1S/C11H12ClF3O3/c1-16-9-3-2-8(5-12)4-10(9)18-7-17-6-11(13,14)15/h2-4H,5-7H2,1H3. The quantitative estimate of drug-likeness (QED) is 0.455. The first-order chi connectivity index (χ1) is 8.46. The molecular formula is C11H12ClF3O3. The molecule has 0 spiro atoms. The van der Waals surface area contributed by atoms with Crippen molar-refractivity contribution >= 4 is 11.6 Å². The maximum absolute atomic E-state index is 11.8. The van der Waals surface area contributed by atoms with E-state index in [2.05, 4.69) is 4.74 Å². The van der Waals surface area contributed by atoms with Gasteiger partial charge in [-0.3, -0.25) is 0 Å². The summed E-state index contributed by atoms with van der Waals surface area (Å²) in [7, 11) is 1.43. The minimum atomic E-state index is -4.37. The summed E-state index contributed by atoms with van der Waals surface area (Å²) in [5, 5.41) is 0. The number of benzene rings is 1. The second kappa shape index (κ2) is 6.70. The van der Waals surface area contributed by atoms with Crippen LogP contribution in [0.1, 0.15) is 5.56 Å². The lowest BCUT2D eigenvalue weighted by molar-refractivity contribution is -0.186. The molecule has 0 aromatic heterocycles. The summed E-state index contributed by atoms with van der Waals surface area (Å²) in [5.41, 5.74) is 0.767. The first-order valence-electron chi connectivity index (χ1n) is 4.96. The number of hydrogen-bond acceptors (Lipinski definition) is 3. The molecule has 0 radical (unpaired) electrons. The molecule has 0 saturated heterocycles. The lowest BCUT2D eigenvalue weighted by atomic mass is 10.2. The molecule has 0 amide bonds. The number of methoxy groups -OCH3 is 1. The van der Waals surface area contributed by atoms with Gasteiger partial charge >= 0.3 is 6.18 Å². The summed E-state index contributed by atoms with van der Waals surface area (Å²) in [6.45, 7) is -1.87. The molecule has 0 aliphatic heterocycles. The fraction of sp³-hybridized carbons (Fsp3) is 0.455. The van der Waals surface area contributed by atoms with Gasteiger partial charge in [-0.15, -0.1) is 11.6 Å². The number of rotatable bonds is 6. The average Bonchev–Trinajstić information content (AvgIpc) is 2.33. The van der Waals surface area contributed by atoms with E-state index in [-0.39, 0.29) is 11.6 Å². The molecule has 1 aromatic carbocycles. The molecule has 102 valence electrons. The van der Waals surface area contributed by atoms with Crippen molar-refractivity contribution in [3.05, 3.63) is 23.8 Å². The predicted octanol–water partition coefficient (Wildman–Crippen LogP) is 3.35. The van der Waals surface area contributed by atoms with Gasteiger partial charge in [0.25, 0.3) is 0 Å². The van der Waals surface area contributed by atoms with Crippen molar-refractivity contribution in [1.29, 1.82) is 0 Å². The summed E-state index contributed by atoms with van der Waals surface area (Å²) in [5.74, 6) is 0.960.